The molecule has 1 aliphatic carbocycles. The summed E-state index contributed by atoms with van der Waals surface area (Å²) in [5.74, 6) is -2.22. The molecule has 0 saturated heterocycles. The highest BCUT2D eigenvalue weighted by Gasteiger charge is 2.23. The second kappa shape index (κ2) is 11.0. The number of hydrogen-bond donors (Lipinski definition) is 0. The summed E-state index contributed by atoms with van der Waals surface area (Å²) in [5, 5.41) is 0. The highest BCUT2D eigenvalue weighted by atomic mass is 19.2. The van der Waals surface area contributed by atoms with Gasteiger partial charge in [-0.1, -0.05) is 55.8 Å². The van der Waals surface area contributed by atoms with Crippen LogP contribution in [0.25, 0.3) is 11.1 Å². The largest absolute Gasteiger partial charge is 0.420 e. The maximum Gasteiger partial charge on any atom is 0.343 e. The van der Waals surface area contributed by atoms with Crippen molar-refractivity contribution in [3.63, 3.8) is 0 Å². The van der Waals surface area contributed by atoms with E-state index < -0.39 is 23.4 Å². The predicted octanol–water partition coefficient (Wildman–Crippen LogP) is 8.57. The number of allylic oxidation sites excluding steroid dienone is 1. The van der Waals surface area contributed by atoms with E-state index in [9.17, 15) is 9.18 Å². The molecule has 0 bridgehead atoms. The minimum atomic E-state index is -1.16. The summed E-state index contributed by atoms with van der Waals surface area (Å²) in [7, 11) is 0. The Labute approximate surface area is 206 Å². The number of hydrogen-bond acceptors (Lipinski definition) is 2. The van der Waals surface area contributed by atoms with Crippen LogP contribution in [0.1, 0.15) is 72.0 Å². The second-order valence-electron chi connectivity index (χ2n) is 9.50. The van der Waals surface area contributed by atoms with Gasteiger partial charge >= 0.3 is 5.97 Å². The third kappa shape index (κ3) is 5.53. The molecule has 35 heavy (non-hydrogen) atoms. The van der Waals surface area contributed by atoms with Gasteiger partial charge in [-0.05, 0) is 91.3 Å². The van der Waals surface area contributed by atoms with Gasteiger partial charge in [0.05, 0.1) is 5.56 Å². The van der Waals surface area contributed by atoms with Crippen molar-refractivity contribution in [1.82, 2.24) is 0 Å². The molecule has 0 radical (unpaired) electrons. The van der Waals surface area contributed by atoms with Gasteiger partial charge < -0.3 is 4.74 Å². The van der Waals surface area contributed by atoms with Gasteiger partial charge in [-0.15, -0.1) is 6.58 Å². The third-order valence-corrected chi connectivity index (χ3v) is 7.08. The van der Waals surface area contributed by atoms with E-state index in [4.69, 9.17) is 4.74 Å². The first-order valence-corrected chi connectivity index (χ1v) is 12.4. The lowest BCUT2D eigenvalue weighted by atomic mass is 9.79. The molecule has 0 amide bonds. The van der Waals surface area contributed by atoms with Gasteiger partial charge in [-0.2, -0.15) is 4.39 Å². The van der Waals surface area contributed by atoms with Crippen LogP contribution in [0.3, 0.4) is 0 Å². The molecule has 4 rings (SSSR count). The molecule has 1 fully saturated rings. The average Bonchev–Trinajstić information content (AvgIpc) is 2.88. The lowest BCUT2D eigenvalue weighted by Crippen LogP contribution is -2.13. The van der Waals surface area contributed by atoms with Gasteiger partial charge in [0.2, 0.25) is 5.82 Å². The fourth-order valence-corrected chi connectivity index (χ4v) is 5.02. The van der Waals surface area contributed by atoms with Gasteiger partial charge in [-0.25, -0.2) is 9.18 Å². The van der Waals surface area contributed by atoms with E-state index in [1.54, 1.807) is 31.2 Å². The quantitative estimate of drug-likeness (QED) is 0.195. The van der Waals surface area contributed by atoms with Crippen LogP contribution < -0.4 is 4.74 Å². The molecule has 0 heterocycles. The van der Waals surface area contributed by atoms with E-state index in [0.717, 1.165) is 44.1 Å². The molecular weight excluding hydrogens is 442 g/mol. The molecular formula is C31H32F2O2. The smallest absolute Gasteiger partial charge is 0.343 e. The van der Waals surface area contributed by atoms with Crippen molar-refractivity contribution in [3.8, 4) is 16.9 Å². The lowest BCUT2D eigenvalue weighted by molar-refractivity contribution is 0.0726. The summed E-state index contributed by atoms with van der Waals surface area (Å²) in [6, 6.07) is 16.1. The van der Waals surface area contributed by atoms with Crippen LogP contribution in [0.2, 0.25) is 0 Å². The molecule has 0 aromatic heterocycles. The monoisotopic (exact) mass is 474 g/mol. The Bertz CT molecular complexity index is 1190. The number of ether oxygens (including phenoxy) is 1. The fourth-order valence-electron chi connectivity index (χ4n) is 5.02. The zero-order valence-corrected chi connectivity index (χ0v) is 20.5. The van der Waals surface area contributed by atoms with Gasteiger partial charge in [0.1, 0.15) is 0 Å². The van der Waals surface area contributed by atoms with Crippen LogP contribution >= 0.6 is 0 Å². The number of benzene rings is 3. The van der Waals surface area contributed by atoms with Crippen LogP contribution in [0.4, 0.5) is 8.78 Å². The number of carbonyl (C=O) groups excluding carboxylic acids is 1. The van der Waals surface area contributed by atoms with E-state index >= 15 is 4.39 Å². The van der Waals surface area contributed by atoms with Gasteiger partial charge in [0.15, 0.2) is 11.6 Å². The fraction of sp³-hybridized carbons (Fsp3) is 0.323. The topological polar surface area (TPSA) is 26.3 Å². The zero-order valence-electron chi connectivity index (χ0n) is 20.5. The Hall–Kier alpha value is -3.27. The molecule has 1 saturated carbocycles. The maximum atomic E-state index is 15.0. The minimum absolute atomic E-state index is 0.181. The number of rotatable bonds is 7. The van der Waals surface area contributed by atoms with Crippen molar-refractivity contribution in [1.29, 1.82) is 0 Å². The second-order valence-corrected chi connectivity index (χ2v) is 9.50. The highest BCUT2D eigenvalue weighted by molar-refractivity contribution is 5.91. The molecule has 3 aromatic rings. The van der Waals surface area contributed by atoms with Crippen LogP contribution in [0.15, 0.2) is 67.3 Å². The van der Waals surface area contributed by atoms with Crippen LogP contribution in [-0.2, 0) is 6.42 Å². The van der Waals surface area contributed by atoms with Gasteiger partial charge in [0.25, 0.3) is 0 Å². The van der Waals surface area contributed by atoms with E-state index in [1.165, 1.54) is 11.6 Å². The van der Waals surface area contributed by atoms with Crippen molar-refractivity contribution in [2.45, 2.75) is 58.3 Å². The minimum Gasteiger partial charge on any atom is -0.420 e. The van der Waals surface area contributed by atoms with E-state index in [-0.39, 0.29) is 5.56 Å². The van der Waals surface area contributed by atoms with Crippen LogP contribution in [0.5, 0.6) is 5.75 Å². The summed E-state index contributed by atoms with van der Waals surface area (Å²) in [6.07, 6.45) is 8.43. The summed E-state index contributed by atoms with van der Waals surface area (Å²) in [4.78, 5) is 12.7. The summed E-state index contributed by atoms with van der Waals surface area (Å²) >= 11 is 0. The van der Waals surface area contributed by atoms with Crippen molar-refractivity contribution in [3.05, 3.63) is 101 Å². The summed E-state index contributed by atoms with van der Waals surface area (Å²) in [5.41, 5.74) is 3.92. The molecule has 2 nitrogen and oxygen atoms in total. The van der Waals surface area contributed by atoms with Gasteiger partial charge in [0, 0.05) is 5.56 Å². The number of aryl methyl sites for hydroxylation is 2. The predicted molar refractivity (Wildman–Crippen MR) is 137 cm³/mol. The Morgan fingerprint density at radius 2 is 1.66 bits per heavy atom. The molecule has 0 N–H and O–H groups in total. The first-order valence-electron chi connectivity index (χ1n) is 12.4. The van der Waals surface area contributed by atoms with Crippen molar-refractivity contribution >= 4 is 5.97 Å². The normalized spacial score (nSPS) is 17.7. The summed E-state index contributed by atoms with van der Waals surface area (Å²) < 4.78 is 35.2. The van der Waals surface area contributed by atoms with Crippen LogP contribution in [-0.4, -0.2) is 5.97 Å². The molecule has 0 spiro atoms. The first kappa shape index (κ1) is 24.8. The summed E-state index contributed by atoms with van der Waals surface area (Å²) in [6.45, 7) is 7.67. The lowest BCUT2D eigenvalue weighted by Gasteiger charge is -2.26. The SMILES string of the molecule is C=CC1CCC(c2ccc(C(=O)Oc3cc(C)c(-c4ccc(CCC)cc4)c(F)c3F)cc2)CC1. The van der Waals surface area contributed by atoms with Crippen molar-refractivity contribution < 1.29 is 18.3 Å². The van der Waals surface area contributed by atoms with Crippen LogP contribution in [0, 0.1) is 24.5 Å². The number of carbonyl (C=O) groups is 1. The average molecular weight is 475 g/mol. The highest BCUT2D eigenvalue weighted by Crippen LogP contribution is 2.37. The standard InChI is InChI=1S/C31H32F2O2/c1-4-6-22-9-13-25(14-10-22)28-20(3)19-27(29(32)30(28)33)35-31(34)26-17-15-24(16-18-26)23-11-7-21(5-2)8-12-23/h5,9-10,13-19,21,23H,2,4,6-8,11-12H2,1,3H3. The molecule has 3 aromatic carbocycles. The van der Waals surface area contributed by atoms with E-state index in [2.05, 4.69) is 13.5 Å². The number of halogens is 2. The van der Waals surface area contributed by atoms with Crippen molar-refractivity contribution in [2.75, 3.05) is 0 Å². The first-order chi connectivity index (χ1) is 16.9. The zero-order chi connectivity index (χ0) is 24.9. The Balaban J connectivity index is 1.49. The maximum absolute atomic E-state index is 15.0. The molecule has 182 valence electrons. The molecule has 1 aliphatic rings. The Morgan fingerprint density at radius 3 is 2.26 bits per heavy atom. The molecule has 0 aliphatic heterocycles. The van der Waals surface area contributed by atoms with E-state index in [0.29, 0.717) is 28.5 Å². The van der Waals surface area contributed by atoms with Crippen molar-refractivity contribution in [2.24, 2.45) is 5.92 Å². The molecule has 0 atom stereocenters. The Morgan fingerprint density at radius 1 is 1.00 bits per heavy atom. The van der Waals surface area contributed by atoms with E-state index in [1.807, 2.05) is 30.3 Å². The molecule has 0 unspecified atom stereocenters. The third-order valence-electron chi connectivity index (χ3n) is 7.08. The Kier molecular flexibility index (Phi) is 7.80. The number of esters is 1. The molecule has 4 heteroatoms. The van der Waals surface area contributed by atoms with Gasteiger partial charge in [-0.3, -0.25) is 0 Å².